The van der Waals surface area contributed by atoms with Gasteiger partial charge in [-0.2, -0.15) is 5.26 Å². The van der Waals surface area contributed by atoms with Crippen LogP contribution in [-0.4, -0.2) is 13.1 Å². The minimum Gasteiger partial charge on any atom is -0.371 e. The number of anilines is 1. The van der Waals surface area contributed by atoms with Crippen LogP contribution in [0, 0.1) is 11.3 Å². The molecule has 80 valence electrons. The molecule has 0 N–H and O–H groups in total. The molecule has 3 heteroatoms. The van der Waals surface area contributed by atoms with Crippen molar-refractivity contribution in [1.29, 1.82) is 5.26 Å². The number of halogens is 1. The summed E-state index contributed by atoms with van der Waals surface area (Å²) in [6, 6.07) is 8.47. The van der Waals surface area contributed by atoms with Gasteiger partial charge in [-0.3, -0.25) is 0 Å². The molecule has 0 aromatic heterocycles. The predicted octanol–water partition coefficient (Wildman–Crippen LogP) is 3.56. The molecule has 0 aliphatic carbocycles. The monoisotopic (exact) mass is 266 g/mol. The van der Waals surface area contributed by atoms with Gasteiger partial charge < -0.3 is 4.90 Å². The smallest absolute Gasteiger partial charge is 0.101 e. The first-order valence-corrected chi connectivity index (χ1v) is 5.82. The second-order valence-electron chi connectivity index (χ2n) is 3.64. The van der Waals surface area contributed by atoms with Crippen molar-refractivity contribution in [3.8, 4) is 6.07 Å². The molecule has 2 nitrogen and oxygen atoms in total. The molecular formula is C12H15BrN2. The van der Waals surface area contributed by atoms with Crippen LogP contribution in [0.2, 0.25) is 0 Å². The Labute approximate surface area is 99.6 Å². The van der Waals surface area contributed by atoms with Crippen LogP contribution in [0.4, 0.5) is 5.69 Å². The fourth-order valence-corrected chi connectivity index (χ4v) is 1.78. The molecule has 1 rings (SSSR count). The molecule has 0 saturated carbocycles. The Kier molecular flexibility index (Phi) is 4.16. The predicted molar refractivity (Wildman–Crippen MR) is 67.0 cm³/mol. The van der Waals surface area contributed by atoms with E-state index in [2.05, 4.69) is 40.7 Å². The molecule has 15 heavy (non-hydrogen) atoms. The zero-order valence-electron chi connectivity index (χ0n) is 9.29. The summed E-state index contributed by atoms with van der Waals surface area (Å²) in [5.74, 6) is 0. The van der Waals surface area contributed by atoms with E-state index in [0.29, 0.717) is 11.6 Å². The van der Waals surface area contributed by atoms with E-state index in [1.807, 2.05) is 25.2 Å². The lowest BCUT2D eigenvalue weighted by Gasteiger charge is -2.26. The lowest BCUT2D eigenvalue weighted by molar-refractivity contribution is 0.663. The number of nitriles is 1. The van der Waals surface area contributed by atoms with Crippen molar-refractivity contribution in [3.05, 3.63) is 28.2 Å². The second kappa shape index (κ2) is 5.18. The van der Waals surface area contributed by atoms with Crippen LogP contribution in [0.3, 0.4) is 0 Å². The first-order chi connectivity index (χ1) is 7.10. The molecule has 0 fully saturated rings. The highest BCUT2D eigenvalue weighted by Gasteiger charge is 2.12. The number of rotatable bonds is 3. The molecule has 0 bridgehead atoms. The molecule has 1 unspecified atom stereocenters. The third-order valence-electron chi connectivity index (χ3n) is 2.71. The van der Waals surface area contributed by atoms with E-state index >= 15 is 0 Å². The summed E-state index contributed by atoms with van der Waals surface area (Å²) in [4.78, 5) is 2.14. The molecule has 0 amide bonds. The van der Waals surface area contributed by atoms with Gasteiger partial charge in [-0.25, -0.2) is 0 Å². The summed E-state index contributed by atoms with van der Waals surface area (Å²) >= 11 is 3.37. The molecule has 0 aliphatic rings. The second-order valence-corrected chi connectivity index (χ2v) is 4.56. The summed E-state index contributed by atoms with van der Waals surface area (Å²) in [5, 5.41) is 9.05. The Bertz CT molecular complexity index is 382. The third kappa shape index (κ3) is 2.73. The van der Waals surface area contributed by atoms with Crippen molar-refractivity contribution in [2.45, 2.75) is 26.3 Å². The van der Waals surface area contributed by atoms with E-state index in [9.17, 15) is 0 Å². The highest BCUT2D eigenvalue weighted by molar-refractivity contribution is 9.10. The molecule has 0 aliphatic heterocycles. The van der Waals surface area contributed by atoms with Gasteiger partial charge in [-0.05, 0) is 31.5 Å². The van der Waals surface area contributed by atoms with Crippen LogP contribution in [-0.2, 0) is 0 Å². The molecular weight excluding hydrogens is 252 g/mol. The molecule has 1 aromatic rings. The van der Waals surface area contributed by atoms with Gasteiger partial charge in [0.2, 0.25) is 0 Å². The molecule has 0 spiro atoms. The van der Waals surface area contributed by atoms with Gasteiger partial charge in [0, 0.05) is 17.6 Å². The Morgan fingerprint density at radius 1 is 1.53 bits per heavy atom. The molecule has 0 saturated heterocycles. The first kappa shape index (κ1) is 12.1. The van der Waals surface area contributed by atoms with Crippen molar-refractivity contribution in [2.75, 3.05) is 11.9 Å². The van der Waals surface area contributed by atoms with Gasteiger partial charge in [0.15, 0.2) is 0 Å². The van der Waals surface area contributed by atoms with Crippen molar-refractivity contribution < 1.29 is 0 Å². The van der Waals surface area contributed by atoms with Gasteiger partial charge in [-0.1, -0.05) is 22.9 Å². The number of nitrogens with zero attached hydrogens (tertiary/aromatic N) is 2. The molecule has 0 radical (unpaired) electrons. The molecule has 0 heterocycles. The van der Waals surface area contributed by atoms with Gasteiger partial charge in [0.25, 0.3) is 0 Å². The first-order valence-electron chi connectivity index (χ1n) is 5.02. The van der Waals surface area contributed by atoms with Crippen molar-refractivity contribution >= 4 is 21.6 Å². The van der Waals surface area contributed by atoms with Gasteiger partial charge in [0.05, 0.1) is 11.3 Å². The lowest BCUT2D eigenvalue weighted by atomic mass is 10.1. The quantitative estimate of drug-likeness (QED) is 0.837. The van der Waals surface area contributed by atoms with E-state index in [0.717, 1.165) is 16.6 Å². The van der Waals surface area contributed by atoms with Gasteiger partial charge in [0.1, 0.15) is 6.07 Å². The average Bonchev–Trinajstić information content (AvgIpc) is 2.26. The highest BCUT2D eigenvalue weighted by atomic mass is 79.9. The summed E-state index contributed by atoms with van der Waals surface area (Å²) in [5.41, 5.74) is 1.71. The minimum absolute atomic E-state index is 0.443. The number of hydrogen-bond donors (Lipinski definition) is 0. The molecule has 1 atom stereocenters. The van der Waals surface area contributed by atoms with Gasteiger partial charge >= 0.3 is 0 Å². The van der Waals surface area contributed by atoms with Crippen molar-refractivity contribution in [1.82, 2.24) is 0 Å². The van der Waals surface area contributed by atoms with E-state index < -0.39 is 0 Å². The minimum atomic E-state index is 0.443. The molecule has 1 aromatic carbocycles. The summed E-state index contributed by atoms with van der Waals surface area (Å²) in [7, 11) is 2.03. The van der Waals surface area contributed by atoms with Crippen LogP contribution in [0.25, 0.3) is 0 Å². The van der Waals surface area contributed by atoms with Crippen LogP contribution in [0.15, 0.2) is 22.7 Å². The lowest BCUT2D eigenvalue weighted by Crippen LogP contribution is -2.28. The van der Waals surface area contributed by atoms with Crippen LogP contribution in [0.5, 0.6) is 0 Å². The Hall–Kier alpha value is -1.01. The number of hydrogen-bond acceptors (Lipinski definition) is 2. The fourth-order valence-electron chi connectivity index (χ4n) is 1.42. The van der Waals surface area contributed by atoms with E-state index in [4.69, 9.17) is 5.26 Å². The fraction of sp³-hybridized carbons (Fsp3) is 0.417. The van der Waals surface area contributed by atoms with Gasteiger partial charge in [-0.15, -0.1) is 0 Å². The maximum atomic E-state index is 9.05. The van der Waals surface area contributed by atoms with E-state index in [-0.39, 0.29) is 0 Å². The Morgan fingerprint density at radius 2 is 2.20 bits per heavy atom. The van der Waals surface area contributed by atoms with E-state index in [1.165, 1.54) is 0 Å². The van der Waals surface area contributed by atoms with Crippen molar-refractivity contribution in [2.24, 2.45) is 0 Å². The zero-order chi connectivity index (χ0) is 11.4. The standard InChI is InChI=1S/C12H15BrN2/c1-4-9(2)15(3)12-6-5-11(13)7-10(12)8-14/h5-7,9H,4H2,1-3H3. The maximum absolute atomic E-state index is 9.05. The summed E-state index contributed by atoms with van der Waals surface area (Å²) in [6.07, 6.45) is 1.07. The highest BCUT2D eigenvalue weighted by Crippen LogP contribution is 2.24. The average molecular weight is 267 g/mol. The third-order valence-corrected chi connectivity index (χ3v) is 3.20. The Morgan fingerprint density at radius 3 is 2.73 bits per heavy atom. The van der Waals surface area contributed by atoms with Crippen molar-refractivity contribution in [3.63, 3.8) is 0 Å². The van der Waals surface area contributed by atoms with Crippen LogP contribution in [0.1, 0.15) is 25.8 Å². The van der Waals surface area contributed by atoms with Crippen LogP contribution >= 0.6 is 15.9 Å². The maximum Gasteiger partial charge on any atom is 0.101 e. The van der Waals surface area contributed by atoms with E-state index in [1.54, 1.807) is 0 Å². The zero-order valence-corrected chi connectivity index (χ0v) is 10.9. The normalized spacial score (nSPS) is 11.9. The number of benzene rings is 1. The Balaban J connectivity index is 3.09. The largest absolute Gasteiger partial charge is 0.371 e. The summed E-state index contributed by atoms with van der Waals surface area (Å²) in [6.45, 7) is 4.30. The van der Waals surface area contributed by atoms with Crippen LogP contribution < -0.4 is 4.90 Å². The SMILES string of the molecule is CCC(C)N(C)c1ccc(Br)cc1C#N. The summed E-state index contributed by atoms with van der Waals surface area (Å²) < 4.78 is 0.945. The topological polar surface area (TPSA) is 27.0 Å².